The van der Waals surface area contributed by atoms with Gasteiger partial charge in [-0.3, -0.25) is 4.79 Å². The molecule has 1 aliphatic heterocycles. The Hall–Kier alpha value is -3.14. The number of guanidine groups is 1. The van der Waals surface area contributed by atoms with Crippen molar-refractivity contribution in [3.8, 4) is 0 Å². The molecule has 1 heterocycles. The number of nitrogens with one attached hydrogen (secondary N) is 1. The van der Waals surface area contributed by atoms with Crippen molar-refractivity contribution in [3.63, 3.8) is 0 Å². The number of sulfone groups is 1. The van der Waals surface area contributed by atoms with E-state index in [9.17, 15) is 13.2 Å². The Balaban J connectivity index is 1.99. The van der Waals surface area contributed by atoms with Crippen LogP contribution in [0.2, 0.25) is 0 Å². The number of carbonyl (C=O) groups is 1. The maximum Gasteiger partial charge on any atom is 0.308 e. The molecular formula is C26H38N4O5S. The van der Waals surface area contributed by atoms with Gasteiger partial charge in [0.05, 0.1) is 25.4 Å². The average molecular weight is 519 g/mol. The largest absolute Gasteiger partial charge is 0.493 e. The predicted octanol–water partition coefficient (Wildman–Crippen LogP) is 3.50. The summed E-state index contributed by atoms with van der Waals surface area (Å²) < 4.78 is 33.2. The molecule has 9 nitrogen and oxygen atoms in total. The summed E-state index contributed by atoms with van der Waals surface area (Å²) in [7, 11) is -1.59. The third-order valence-electron chi connectivity index (χ3n) is 5.79. The minimum Gasteiger partial charge on any atom is -0.493 e. The van der Waals surface area contributed by atoms with Crippen molar-refractivity contribution in [1.82, 2.24) is 10.2 Å². The van der Waals surface area contributed by atoms with Crippen LogP contribution in [0.4, 0.5) is 0 Å². The molecule has 1 fully saturated rings. The normalized spacial score (nSPS) is 24.6. The van der Waals surface area contributed by atoms with Gasteiger partial charge in [-0.2, -0.15) is 4.99 Å². The van der Waals surface area contributed by atoms with Crippen molar-refractivity contribution in [2.24, 2.45) is 15.9 Å². The van der Waals surface area contributed by atoms with E-state index in [-0.39, 0.29) is 30.3 Å². The number of aliphatic imine (C=N–C) groups is 2. The van der Waals surface area contributed by atoms with E-state index in [1.165, 1.54) is 13.4 Å². The molecular weight excluding hydrogens is 480 g/mol. The van der Waals surface area contributed by atoms with Crippen LogP contribution in [-0.2, 0) is 24.1 Å². The van der Waals surface area contributed by atoms with Gasteiger partial charge in [-0.05, 0) is 51.2 Å². The van der Waals surface area contributed by atoms with Gasteiger partial charge in [0.1, 0.15) is 21.4 Å². The van der Waals surface area contributed by atoms with Crippen molar-refractivity contribution >= 4 is 28.0 Å². The van der Waals surface area contributed by atoms with Crippen LogP contribution in [0.25, 0.3) is 0 Å². The van der Waals surface area contributed by atoms with Crippen molar-refractivity contribution in [3.05, 3.63) is 60.8 Å². The van der Waals surface area contributed by atoms with E-state index < -0.39 is 9.84 Å². The predicted molar refractivity (Wildman–Crippen MR) is 144 cm³/mol. The molecule has 2 rings (SSSR count). The Bertz CT molecular complexity index is 1050. The molecule has 10 heteroatoms. The number of rotatable bonds is 9. The number of methoxy groups -OCH3 is 1. The van der Waals surface area contributed by atoms with Gasteiger partial charge in [-0.15, -0.1) is 0 Å². The minimum absolute atomic E-state index is 0.0461. The van der Waals surface area contributed by atoms with E-state index in [2.05, 4.69) is 28.5 Å². The summed E-state index contributed by atoms with van der Waals surface area (Å²) in [6.07, 6.45) is 15.7. The molecule has 2 aliphatic rings. The van der Waals surface area contributed by atoms with Crippen LogP contribution in [0.5, 0.6) is 0 Å². The van der Waals surface area contributed by atoms with E-state index >= 15 is 0 Å². The van der Waals surface area contributed by atoms with Crippen molar-refractivity contribution in [2.45, 2.75) is 45.1 Å². The summed E-state index contributed by atoms with van der Waals surface area (Å²) >= 11 is 0. The molecule has 1 N–H and O–H groups in total. The van der Waals surface area contributed by atoms with Gasteiger partial charge in [-0.1, -0.05) is 25.3 Å². The molecule has 0 bridgehead atoms. The molecule has 0 aromatic carbocycles. The zero-order valence-electron chi connectivity index (χ0n) is 21.5. The van der Waals surface area contributed by atoms with Gasteiger partial charge in [0.2, 0.25) is 5.96 Å². The molecule has 1 aliphatic carbocycles. The van der Waals surface area contributed by atoms with Crippen molar-refractivity contribution < 1.29 is 22.7 Å². The Labute approximate surface area is 215 Å². The number of hydrogen-bond donors (Lipinski definition) is 1. The van der Waals surface area contributed by atoms with Crippen molar-refractivity contribution in [2.75, 3.05) is 32.3 Å². The van der Waals surface area contributed by atoms with Crippen LogP contribution in [0.1, 0.15) is 39.0 Å². The van der Waals surface area contributed by atoms with Gasteiger partial charge in [0.25, 0.3) is 0 Å². The van der Waals surface area contributed by atoms with E-state index in [0.717, 1.165) is 25.7 Å². The molecule has 0 spiro atoms. The lowest BCUT2D eigenvalue weighted by Crippen LogP contribution is -2.38. The first kappa shape index (κ1) is 29.1. The third kappa shape index (κ3) is 10.2. The maximum atomic E-state index is 11.8. The number of hydrogen-bond acceptors (Lipinski definition) is 7. The van der Waals surface area contributed by atoms with Crippen LogP contribution < -0.4 is 5.32 Å². The summed E-state index contributed by atoms with van der Waals surface area (Å²) in [5, 5.41) is 3.38. The second kappa shape index (κ2) is 14.4. The molecule has 0 aromatic heterocycles. The van der Waals surface area contributed by atoms with E-state index in [1.54, 1.807) is 12.3 Å². The van der Waals surface area contributed by atoms with Gasteiger partial charge in [-0.25, -0.2) is 13.4 Å². The summed E-state index contributed by atoms with van der Waals surface area (Å²) in [4.78, 5) is 22.6. The second-order valence-electron chi connectivity index (χ2n) is 8.74. The number of esters is 1. The number of nitrogens with zero attached hydrogens (tertiary/aromatic N) is 3. The molecule has 0 aromatic rings. The molecule has 0 saturated heterocycles. The molecule has 1 saturated carbocycles. The standard InChI is InChI=1S/C26H38N4O5S/c1-6-27-26(29-23-13-11-22(12-14-23)25(31)34-4)28-21(3)30-16-8-7-10-24(20(2)15-17-30)35-18-9-19-36(5,32)33/h6-8,10,15,17,22-23H,2-3,9,11-14,16,18-19H2,1,4-5H3,(H,28,29)/b8-7-,17-15-,24-10+,27-6-/t22-,23+. The summed E-state index contributed by atoms with van der Waals surface area (Å²) in [6, 6.07) is 0.165. The van der Waals surface area contributed by atoms with Crippen molar-refractivity contribution in [1.29, 1.82) is 0 Å². The topological polar surface area (TPSA) is 110 Å². The zero-order chi connectivity index (χ0) is 26.6. The van der Waals surface area contributed by atoms with Crippen LogP contribution in [-0.4, -0.2) is 69.8 Å². The Morgan fingerprint density at radius 3 is 2.67 bits per heavy atom. The van der Waals surface area contributed by atoms with E-state index in [1.807, 2.05) is 36.3 Å². The Kier molecular flexibility index (Phi) is 11.7. The van der Waals surface area contributed by atoms with Crippen LogP contribution >= 0.6 is 0 Å². The highest BCUT2D eigenvalue weighted by molar-refractivity contribution is 7.90. The lowest BCUT2D eigenvalue weighted by molar-refractivity contribution is -0.146. The maximum absolute atomic E-state index is 11.8. The molecule has 0 amide bonds. The van der Waals surface area contributed by atoms with Gasteiger partial charge >= 0.3 is 5.97 Å². The van der Waals surface area contributed by atoms with Crippen LogP contribution in [0, 0.1) is 5.92 Å². The Morgan fingerprint density at radius 1 is 1.31 bits per heavy atom. The zero-order valence-corrected chi connectivity index (χ0v) is 22.3. The first-order valence-electron chi connectivity index (χ1n) is 12.0. The van der Waals surface area contributed by atoms with Gasteiger partial charge in [0.15, 0.2) is 0 Å². The lowest BCUT2D eigenvalue weighted by Gasteiger charge is -2.28. The van der Waals surface area contributed by atoms with Gasteiger partial charge in [0, 0.05) is 36.8 Å². The Morgan fingerprint density at radius 2 is 2.03 bits per heavy atom. The minimum atomic E-state index is -3.02. The molecule has 36 heavy (non-hydrogen) atoms. The molecule has 0 unspecified atom stereocenters. The fourth-order valence-corrected chi connectivity index (χ4v) is 4.47. The van der Waals surface area contributed by atoms with E-state index in [0.29, 0.717) is 36.1 Å². The number of allylic oxidation sites excluding steroid dienone is 3. The fraction of sp³-hybridized carbons (Fsp3) is 0.500. The highest BCUT2D eigenvalue weighted by atomic mass is 32.2. The fourth-order valence-electron chi connectivity index (χ4n) is 3.83. The average Bonchev–Trinajstić information content (AvgIpc) is 2.92. The van der Waals surface area contributed by atoms with E-state index in [4.69, 9.17) is 9.47 Å². The molecule has 0 radical (unpaired) electrons. The third-order valence-corrected chi connectivity index (χ3v) is 6.82. The molecule has 0 atom stereocenters. The number of ether oxygens (including phenoxy) is 2. The smallest absolute Gasteiger partial charge is 0.308 e. The van der Waals surface area contributed by atoms with Crippen LogP contribution in [0.3, 0.4) is 0 Å². The first-order chi connectivity index (χ1) is 17.1. The first-order valence-corrected chi connectivity index (χ1v) is 14.1. The van der Waals surface area contributed by atoms with Gasteiger partial charge < -0.3 is 19.7 Å². The molecule has 198 valence electrons. The quantitative estimate of drug-likeness (QED) is 0.215. The number of carbonyl (C=O) groups excluding carboxylic acids is 1. The second-order valence-corrected chi connectivity index (χ2v) is 11.0. The summed E-state index contributed by atoms with van der Waals surface area (Å²) in [5.74, 6) is 1.43. The highest BCUT2D eigenvalue weighted by Gasteiger charge is 2.27. The summed E-state index contributed by atoms with van der Waals surface area (Å²) in [5.41, 5.74) is 0.648. The SMILES string of the molecule is C=C1/C=C\N(C(=C)/N=C(\N=C/C)N[C@H]2CC[C@@H](C(=O)OC)CC2)C/C=C\C=C/1OCCCS(C)(=O)=O. The monoisotopic (exact) mass is 518 g/mol. The highest BCUT2D eigenvalue weighted by Crippen LogP contribution is 2.25. The summed E-state index contributed by atoms with van der Waals surface area (Å²) in [6.45, 7) is 10.8. The lowest BCUT2D eigenvalue weighted by atomic mass is 9.86. The van der Waals surface area contributed by atoms with Crippen LogP contribution in [0.15, 0.2) is 70.8 Å².